The SMILES string of the molecule is CNCCc1ncc(-c2c(C)cc(C)cc2C)n1C. The van der Waals surface area contributed by atoms with Crippen molar-refractivity contribution in [3.05, 3.63) is 40.8 Å². The number of hydrogen-bond donors (Lipinski definition) is 1. The summed E-state index contributed by atoms with van der Waals surface area (Å²) in [6.45, 7) is 7.45. The van der Waals surface area contributed by atoms with Gasteiger partial charge < -0.3 is 9.88 Å². The smallest absolute Gasteiger partial charge is 0.110 e. The number of aromatic nitrogens is 2. The van der Waals surface area contributed by atoms with Crippen molar-refractivity contribution in [2.45, 2.75) is 27.2 Å². The minimum atomic E-state index is 0.955. The van der Waals surface area contributed by atoms with Gasteiger partial charge in [0.1, 0.15) is 5.82 Å². The van der Waals surface area contributed by atoms with Crippen molar-refractivity contribution in [2.24, 2.45) is 7.05 Å². The molecular formula is C16H23N3. The van der Waals surface area contributed by atoms with Gasteiger partial charge in [0, 0.05) is 25.6 Å². The van der Waals surface area contributed by atoms with Crippen LogP contribution in [0.3, 0.4) is 0 Å². The van der Waals surface area contributed by atoms with E-state index >= 15 is 0 Å². The first-order valence-corrected chi connectivity index (χ1v) is 6.78. The summed E-state index contributed by atoms with van der Waals surface area (Å²) in [7, 11) is 4.07. The van der Waals surface area contributed by atoms with Crippen molar-refractivity contribution in [3.8, 4) is 11.3 Å². The number of imidazole rings is 1. The Morgan fingerprint density at radius 3 is 2.37 bits per heavy atom. The van der Waals surface area contributed by atoms with Crippen LogP contribution in [0.5, 0.6) is 0 Å². The molecule has 0 unspecified atom stereocenters. The molecule has 0 amide bonds. The Kier molecular flexibility index (Phi) is 4.05. The fraction of sp³-hybridized carbons (Fsp3) is 0.438. The van der Waals surface area contributed by atoms with E-state index in [-0.39, 0.29) is 0 Å². The maximum atomic E-state index is 4.56. The number of nitrogens with zero attached hydrogens (tertiary/aromatic N) is 2. The molecule has 1 aromatic carbocycles. The highest BCUT2D eigenvalue weighted by atomic mass is 15.1. The van der Waals surface area contributed by atoms with Gasteiger partial charge in [-0.1, -0.05) is 17.7 Å². The first-order valence-electron chi connectivity index (χ1n) is 6.78. The summed E-state index contributed by atoms with van der Waals surface area (Å²) < 4.78 is 2.21. The fourth-order valence-electron chi connectivity index (χ4n) is 2.73. The molecule has 102 valence electrons. The lowest BCUT2D eigenvalue weighted by Crippen LogP contribution is -2.13. The Morgan fingerprint density at radius 1 is 1.16 bits per heavy atom. The second-order valence-electron chi connectivity index (χ2n) is 5.25. The lowest BCUT2D eigenvalue weighted by atomic mass is 9.98. The number of likely N-dealkylation sites (N-methyl/N-ethyl adjacent to an activating group) is 1. The summed E-state index contributed by atoms with van der Waals surface area (Å²) in [5, 5.41) is 3.17. The lowest BCUT2D eigenvalue weighted by Gasteiger charge is -2.13. The second kappa shape index (κ2) is 5.57. The summed E-state index contributed by atoms with van der Waals surface area (Å²) >= 11 is 0. The molecule has 0 saturated carbocycles. The van der Waals surface area contributed by atoms with E-state index in [1.165, 1.54) is 27.9 Å². The first-order chi connectivity index (χ1) is 9.04. The van der Waals surface area contributed by atoms with Gasteiger partial charge in [0.2, 0.25) is 0 Å². The van der Waals surface area contributed by atoms with E-state index < -0.39 is 0 Å². The van der Waals surface area contributed by atoms with Crippen LogP contribution >= 0.6 is 0 Å². The summed E-state index contributed by atoms with van der Waals surface area (Å²) in [5.74, 6) is 1.13. The van der Waals surface area contributed by atoms with Crippen LogP contribution in [0.25, 0.3) is 11.3 Å². The summed E-state index contributed by atoms with van der Waals surface area (Å²) in [6, 6.07) is 4.48. The number of benzene rings is 1. The molecule has 0 fully saturated rings. The molecule has 0 atom stereocenters. The molecule has 0 bridgehead atoms. The Labute approximate surface area is 115 Å². The third-order valence-corrected chi connectivity index (χ3v) is 3.62. The van der Waals surface area contributed by atoms with Crippen LogP contribution in [0.2, 0.25) is 0 Å². The highest BCUT2D eigenvalue weighted by molar-refractivity contribution is 5.68. The van der Waals surface area contributed by atoms with Crippen molar-refractivity contribution in [1.82, 2.24) is 14.9 Å². The van der Waals surface area contributed by atoms with Gasteiger partial charge in [0.15, 0.2) is 0 Å². The molecule has 0 aliphatic rings. The zero-order chi connectivity index (χ0) is 14.0. The lowest BCUT2D eigenvalue weighted by molar-refractivity contribution is 0.720. The van der Waals surface area contributed by atoms with Gasteiger partial charge in [-0.3, -0.25) is 0 Å². The molecule has 0 saturated heterocycles. The zero-order valence-corrected chi connectivity index (χ0v) is 12.5. The molecule has 19 heavy (non-hydrogen) atoms. The number of rotatable bonds is 4. The molecule has 0 aliphatic heterocycles. The Morgan fingerprint density at radius 2 is 1.79 bits per heavy atom. The highest BCUT2D eigenvalue weighted by Crippen LogP contribution is 2.28. The number of nitrogens with one attached hydrogen (secondary N) is 1. The van der Waals surface area contributed by atoms with Gasteiger partial charge in [-0.25, -0.2) is 4.98 Å². The molecule has 1 aromatic heterocycles. The van der Waals surface area contributed by atoms with E-state index in [0.29, 0.717) is 0 Å². The molecule has 2 aromatic rings. The molecule has 1 heterocycles. The predicted octanol–water partition coefficient (Wildman–Crippen LogP) is 2.77. The summed E-state index contributed by atoms with van der Waals surface area (Å²) in [4.78, 5) is 4.56. The van der Waals surface area contributed by atoms with Gasteiger partial charge in [-0.2, -0.15) is 0 Å². The average molecular weight is 257 g/mol. The van der Waals surface area contributed by atoms with E-state index in [9.17, 15) is 0 Å². The molecule has 0 radical (unpaired) electrons. The van der Waals surface area contributed by atoms with Gasteiger partial charge in [-0.05, 0) is 38.9 Å². The van der Waals surface area contributed by atoms with Crippen molar-refractivity contribution >= 4 is 0 Å². The standard InChI is InChI=1S/C16H23N3/c1-11-8-12(2)16(13(3)9-11)14-10-18-15(19(14)5)6-7-17-4/h8-10,17H,6-7H2,1-5H3. The largest absolute Gasteiger partial charge is 0.331 e. The van der Waals surface area contributed by atoms with Crippen LogP contribution in [0.4, 0.5) is 0 Å². The van der Waals surface area contributed by atoms with Crippen molar-refractivity contribution in [3.63, 3.8) is 0 Å². The van der Waals surface area contributed by atoms with Gasteiger partial charge in [0.25, 0.3) is 0 Å². The molecule has 1 N–H and O–H groups in total. The minimum absolute atomic E-state index is 0.955. The Bertz CT molecular complexity index is 559. The Balaban J connectivity index is 2.45. The minimum Gasteiger partial charge on any atom is -0.331 e. The van der Waals surface area contributed by atoms with Crippen LogP contribution in [0.1, 0.15) is 22.5 Å². The van der Waals surface area contributed by atoms with E-state index in [1.54, 1.807) is 0 Å². The molecule has 2 rings (SSSR count). The first kappa shape index (κ1) is 13.8. The van der Waals surface area contributed by atoms with Crippen LogP contribution < -0.4 is 5.32 Å². The molecular weight excluding hydrogens is 234 g/mol. The fourth-order valence-corrected chi connectivity index (χ4v) is 2.73. The van der Waals surface area contributed by atoms with E-state index in [4.69, 9.17) is 0 Å². The topological polar surface area (TPSA) is 29.9 Å². The number of hydrogen-bond acceptors (Lipinski definition) is 2. The monoisotopic (exact) mass is 257 g/mol. The Hall–Kier alpha value is -1.61. The third-order valence-electron chi connectivity index (χ3n) is 3.62. The van der Waals surface area contributed by atoms with E-state index in [0.717, 1.165) is 18.8 Å². The van der Waals surface area contributed by atoms with Gasteiger partial charge >= 0.3 is 0 Å². The zero-order valence-electron chi connectivity index (χ0n) is 12.5. The van der Waals surface area contributed by atoms with Crippen molar-refractivity contribution < 1.29 is 0 Å². The van der Waals surface area contributed by atoms with Gasteiger partial charge in [-0.15, -0.1) is 0 Å². The average Bonchev–Trinajstić information content (AvgIpc) is 2.68. The van der Waals surface area contributed by atoms with E-state index in [2.05, 4.69) is 54.8 Å². The molecule has 0 aliphatic carbocycles. The predicted molar refractivity (Wildman–Crippen MR) is 80.5 cm³/mol. The summed E-state index contributed by atoms with van der Waals surface area (Å²) in [6.07, 6.45) is 2.95. The van der Waals surface area contributed by atoms with Crippen LogP contribution in [-0.4, -0.2) is 23.1 Å². The van der Waals surface area contributed by atoms with Crippen molar-refractivity contribution in [2.75, 3.05) is 13.6 Å². The van der Waals surface area contributed by atoms with E-state index in [1.807, 2.05) is 13.2 Å². The maximum absolute atomic E-state index is 4.56. The van der Waals surface area contributed by atoms with Gasteiger partial charge in [0.05, 0.1) is 11.9 Å². The second-order valence-corrected chi connectivity index (χ2v) is 5.25. The molecule has 0 spiro atoms. The third kappa shape index (κ3) is 2.71. The normalized spacial score (nSPS) is 11.0. The molecule has 3 nitrogen and oxygen atoms in total. The number of aryl methyl sites for hydroxylation is 3. The summed E-state index contributed by atoms with van der Waals surface area (Å²) in [5.41, 5.74) is 6.48. The quantitative estimate of drug-likeness (QED) is 0.912. The van der Waals surface area contributed by atoms with Crippen LogP contribution in [0.15, 0.2) is 18.3 Å². The van der Waals surface area contributed by atoms with Crippen LogP contribution in [0, 0.1) is 20.8 Å². The van der Waals surface area contributed by atoms with Crippen LogP contribution in [-0.2, 0) is 13.5 Å². The molecule has 3 heteroatoms. The maximum Gasteiger partial charge on any atom is 0.110 e. The van der Waals surface area contributed by atoms with Crippen molar-refractivity contribution in [1.29, 1.82) is 0 Å². The highest BCUT2D eigenvalue weighted by Gasteiger charge is 2.12.